The number of carbonyl (C=O) groups excluding carboxylic acids is 1. The summed E-state index contributed by atoms with van der Waals surface area (Å²) in [6, 6.07) is 4.08. The number of carbonyl (C=O) groups is 1. The van der Waals surface area contributed by atoms with Gasteiger partial charge in [0.2, 0.25) is 5.91 Å². The van der Waals surface area contributed by atoms with E-state index in [1.54, 1.807) is 12.4 Å². The Morgan fingerprint density at radius 3 is 2.62 bits per heavy atom. The van der Waals surface area contributed by atoms with Crippen LogP contribution in [0.3, 0.4) is 0 Å². The number of rotatable bonds is 2. The molecular formula is C19H24N4O2S. The predicted octanol–water partition coefficient (Wildman–Crippen LogP) is 3.63. The number of hydrogen-bond donors (Lipinski definition) is 2. The van der Waals surface area contributed by atoms with E-state index in [1.807, 2.05) is 16.8 Å². The van der Waals surface area contributed by atoms with E-state index in [4.69, 9.17) is 0 Å². The number of nitrogens with one attached hydrogen (secondary N) is 2. The van der Waals surface area contributed by atoms with Crippen LogP contribution < -0.4 is 10.9 Å². The lowest BCUT2D eigenvalue weighted by Crippen LogP contribution is -2.20. The Labute approximate surface area is 156 Å². The van der Waals surface area contributed by atoms with Crippen LogP contribution in [0.2, 0.25) is 0 Å². The van der Waals surface area contributed by atoms with Crippen molar-refractivity contribution in [1.82, 2.24) is 14.8 Å². The van der Waals surface area contributed by atoms with Crippen LogP contribution in [-0.2, 0) is 4.79 Å². The van der Waals surface area contributed by atoms with Gasteiger partial charge in [-0.2, -0.15) is 0 Å². The highest BCUT2D eigenvalue weighted by molar-refractivity contribution is 8.00. The maximum absolute atomic E-state index is 12.9. The first kappa shape index (κ1) is 17.4. The van der Waals surface area contributed by atoms with E-state index < -0.39 is 0 Å². The van der Waals surface area contributed by atoms with Gasteiger partial charge >= 0.3 is 0 Å². The van der Waals surface area contributed by atoms with Gasteiger partial charge in [0.15, 0.2) is 0 Å². The number of amides is 1. The summed E-state index contributed by atoms with van der Waals surface area (Å²) in [7, 11) is 0. The maximum atomic E-state index is 12.9. The zero-order valence-electron chi connectivity index (χ0n) is 14.7. The van der Waals surface area contributed by atoms with E-state index in [1.165, 1.54) is 31.0 Å². The molecule has 2 N–H and O–H groups in total. The summed E-state index contributed by atoms with van der Waals surface area (Å²) in [6.45, 7) is 0. The first-order valence-electron chi connectivity index (χ1n) is 9.40. The van der Waals surface area contributed by atoms with E-state index in [-0.39, 0.29) is 22.8 Å². The SMILES string of the molecule is O=C1CS[C@@H](c2cccnc2)c2c(n(C3CCCCCCC3)[nH]c2=O)N1. The molecular weight excluding hydrogens is 348 g/mol. The Balaban J connectivity index is 1.77. The van der Waals surface area contributed by atoms with Crippen LogP contribution in [0, 0.1) is 0 Å². The second kappa shape index (κ2) is 7.70. The normalized spacial score (nSPS) is 22.0. The highest BCUT2D eigenvalue weighted by Crippen LogP contribution is 2.41. The highest BCUT2D eigenvalue weighted by atomic mass is 32.2. The fraction of sp³-hybridized carbons (Fsp3) is 0.526. The van der Waals surface area contributed by atoms with Crippen molar-refractivity contribution in [3.05, 3.63) is 46.0 Å². The van der Waals surface area contributed by atoms with Gasteiger partial charge in [0, 0.05) is 12.4 Å². The van der Waals surface area contributed by atoms with Gasteiger partial charge in [-0.05, 0) is 24.5 Å². The van der Waals surface area contributed by atoms with Crippen LogP contribution in [0.5, 0.6) is 0 Å². The summed E-state index contributed by atoms with van der Waals surface area (Å²) >= 11 is 1.48. The van der Waals surface area contributed by atoms with Crippen molar-refractivity contribution in [3.8, 4) is 0 Å². The molecule has 1 aliphatic carbocycles. The molecule has 0 aromatic carbocycles. The number of nitrogens with zero attached hydrogens (tertiary/aromatic N) is 2. The summed E-state index contributed by atoms with van der Waals surface area (Å²) in [4.78, 5) is 29.4. The zero-order chi connectivity index (χ0) is 17.9. The first-order chi connectivity index (χ1) is 12.7. The van der Waals surface area contributed by atoms with Gasteiger partial charge in [-0.15, -0.1) is 11.8 Å². The van der Waals surface area contributed by atoms with Crippen LogP contribution in [0.25, 0.3) is 0 Å². The molecule has 1 aliphatic heterocycles. The second-order valence-electron chi connectivity index (χ2n) is 7.10. The lowest BCUT2D eigenvalue weighted by molar-refractivity contribution is -0.113. The first-order valence-corrected chi connectivity index (χ1v) is 10.4. The molecule has 4 rings (SSSR count). The van der Waals surface area contributed by atoms with Gasteiger partial charge in [-0.25, -0.2) is 0 Å². The molecule has 26 heavy (non-hydrogen) atoms. The predicted molar refractivity (Wildman–Crippen MR) is 104 cm³/mol. The number of aromatic nitrogens is 3. The van der Waals surface area contributed by atoms with E-state index in [2.05, 4.69) is 15.4 Å². The number of aromatic amines is 1. The lowest BCUT2D eigenvalue weighted by Gasteiger charge is -2.23. The number of hydrogen-bond acceptors (Lipinski definition) is 4. The average molecular weight is 372 g/mol. The Morgan fingerprint density at radius 2 is 1.88 bits per heavy atom. The molecule has 0 radical (unpaired) electrons. The average Bonchev–Trinajstić information content (AvgIpc) is 2.82. The van der Waals surface area contributed by atoms with Crippen molar-refractivity contribution >= 4 is 23.5 Å². The fourth-order valence-electron chi connectivity index (χ4n) is 4.00. The van der Waals surface area contributed by atoms with Crippen molar-refractivity contribution in [2.45, 2.75) is 56.2 Å². The van der Waals surface area contributed by atoms with Gasteiger partial charge < -0.3 is 5.32 Å². The molecule has 3 heterocycles. The van der Waals surface area contributed by atoms with E-state index in [9.17, 15) is 9.59 Å². The van der Waals surface area contributed by atoms with Gasteiger partial charge in [0.05, 0.1) is 22.6 Å². The summed E-state index contributed by atoms with van der Waals surface area (Å²) in [5.74, 6) is 0.934. The number of pyridine rings is 1. The summed E-state index contributed by atoms with van der Waals surface area (Å²) in [5.41, 5.74) is 1.50. The Bertz CT molecular complexity index is 822. The quantitative estimate of drug-likeness (QED) is 0.844. The summed E-state index contributed by atoms with van der Waals surface area (Å²) < 4.78 is 1.94. The molecule has 1 fully saturated rings. The Kier molecular flexibility index (Phi) is 5.15. The number of thioether (sulfide) groups is 1. The molecule has 2 aromatic heterocycles. The standard InChI is InChI=1S/C19H24N4O2S/c24-15-12-26-17(13-7-6-10-20-11-13)16-18(21-15)23(22-19(16)25)14-8-4-2-1-3-5-9-14/h6-7,10-11,14,17H,1-5,8-9,12H2,(H,21,24)(H,22,25)/t17-/m0/s1. The molecule has 0 unspecified atom stereocenters. The molecule has 1 saturated carbocycles. The summed E-state index contributed by atoms with van der Waals surface area (Å²) in [6.07, 6.45) is 11.7. The number of anilines is 1. The Hall–Kier alpha value is -2.02. The van der Waals surface area contributed by atoms with Crippen molar-refractivity contribution < 1.29 is 4.79 Å². The third kappa shape index (κ3) is 3.45. The van der Waals surface area contributed by atoms with Crippen molar-refractivity contribution in [3.63, 3.8) is 0 Å². The molecule has 1 amide bonds. The van der Waals surface area contributed by atoms with E-state index in [0.29, 0.717) is 17.1 Å². The molecule has 0 saturated heterocycles. The van der Waals surface area contributed by atoms with Gasteiger partial charge in [0.25, 0.3) is 5.56 Å². The molecule has 2 aliphatic rings. The minimum absolute atomic E-state index is 0.0544. The minimum atomic E-state index is -0.184. The third-order valence-corrected chi connectivity index (χ3v) is 6.56. The molecule has 2 aromatic rings. The minimum Gasteiger partial charge on any atom is -0.310 e. The number of H-pyrrole nitrogens is 1. The topological polar surface area (TPSA) is 79.8 Å². The highest BCUT2D eigenvalue weighted by Gasteiger charge is 2.32. The smallest absolute Gasteiger partial charge is 0.270 e. The van der Waals surface area contributed by atoms with Gasteiger partial charge in [-0.3, -0.25) is 24.4 Å². The van der Waals surface area contributed by atoms with Crippen LogP contribution in [0.15, 0.2) is 29.3 Å². The lowest BCUT2D eigenvalue weighted by atomic mass is 9.97. The molecule has 138 valence electrons. The van der Waals surface area contributed by atoms with E-state index >= 15 is 0 Å². The van der Waals surface area contributed by atoms with Crippen LogP contribution in [-0.4, -0.2) is 26.4 Å². The molecule has 0 bridgehead atoms. The molecule has 7 heteroatoms. The maximum Gasteiger partial charge on any atom is 0.270 e. The summed E-state index contributed by atoms with van der Waals surface area (Å²) in [5, 5.41) is 5.85. The molecule has 1 atom stereocenters. The van der Waals surface area contributed by atoms with Crippen LogP contribution >= 0.6 is 11.8 Å². The van der Waals surface area contributed by atoms with Crippen molar-refractivity contribution in [2.75, 3.05) is 11.1 Å². The van der Waals surface area contributed by atoms with Crippen LogP contribution in [0.1, 0.15) is 67.4 Å². The fourth-order valence-corrected chi connectivity index (χ4v) is 5.11. The third-order valence-electron chi connectivity index (χ3n) is 5.29. The van der Waals surface area contributed by atoms with Crippen molar-refractivity contribution in [2.24, 2.45) is 0 Å². The molecule has 6 nitrogen and oxygen atoms in total. The van der Waals surface area contributed by atoms with Gasteiger partial charge in [0.1, 0.15) is 5.82 Å². The monoisotopic (exact) mass is 372 g/mol. The zero-order valence-corrected chi connectivity index (χ0v) is 15.6. The van der Waals surface area contributed by atoms with Crippen LogP contribution in [0.4, 0.5) is 5.82 Å². The molecule has 0 spiro atoms. The van der Waals surface area contributed by atoms with E-state index in [0.717, 1.165) is 31.2 Å². The number of fused-ring (bicyclic) bond motifs is 1. The Morgan fingerprint density at radius 1 is 1.12 bits per heavy atom. The second-order valence-corrected chi connectivity index (χ2v) is 8.19. The van der Waals surface area contributed by atoms with Gasteiger partial charge in [-0.1, -0.05) is 38.2 Å². The van der Waals surface area contributed by atoms with Crippen molar-refractivity contribution in [1.29, 1.82) is 0 Å². The largest absolute Gasteiger partial charge is 0.310 e.